The fourth-order valence-corrected chi connectivity index (χ4v) is 4.07. The van der Waals surface area contributed by atoms with Crippen LogP contribution >= 0.6 is 0 Å². The number of carbonyl (C=O) groups is 2. The summed E-state index contributed by atoms with van der Waals surface area (Å²) in [6.07, 6.45) is 6.87. The normalized spacial score (nSPS) is 17.9. The second-order valence-electron chi connectivity index (χ2n) is 7.82. The lowest BCUT2D eigenvalue weighted by atomic mass is 10.0. The lowest BCUT2D eigenvalue weighted by molar-refractivity contribution is -0.232. The van der Waals surface area contributed by atoms with Crippen molar-refractivity contribution in [3.8, 4) is 11.3 Å². The molecule has 5 rings (SSSR count). The Hall–Kier alpha value is -4.18. The Morgan fingerprint density at radius 2 is 1.56 bits per heavy atom. The number of ether oxygens (including phenoxy) is 2. The minimum absolute atomic E-state index is 0.0577. The number of rotatable bonds is 4. The molecule has 0 radical (unpaired) electrons. The number of pyridine rings is 1. The van der Waals surface area contributed by atoms with E-state index >= 15 is 0 Å². The Balaban J connectivity index is 1.46. The Morgan fingerprint density at radius 1 is 0.882 bits per heavy atom. The number of hydrogen-bond donors (Lipinski definition) is 0. The summed E-state index contributed by atoms with van der Waals surface area (Å²) in [7, 11) is 0. The van der Waals surface area contributed by atoms with Crippen molar-refractivity contribution in [2.24, 2.45) is 0 Å². The highest BCUT2D eigenvalue weighted by molar-refractivity contribution is 5.93. The van der Waals surface area contributed by atoms with Crippen molar-refractivity contribution in [3.63, 3.8) is 0 Å². The molecule has 1 saturated heterocycles. The Bertz CT molecular complexity index is 1220. The van der Waals surface area contributed by atoms with Crippen LogP contribution in [-0.2, 0) is 25.6 Å². The summed E-state index contributed by atoms with van der Waals surface area (Å²) < 4.78 is 24.7. The summed E-state index contributed by atoms with van der Waals surface area (Å²) in [5, 5.41) is 0. The van der Waals surface area contributed by atoms with E-state index < -0.39 is 17.8 Å². The number of nitrogens with zero attached hydrogens (tertiary/aromatic N) is 5. The van der Waals surface area contributed by atoms with Crippen LogP contribution in [0.15, 0.2) is 73.2 Å². The minimum Gasteiger partial charge on any atom is -0.399 e. The van der Waals surface area contributed by atoms with Gasteiger partial charge in [-0.2, -0.15) is 0 Å². The van der Waals surface area contributed by atoms with Gasteiger partial charge in [-0.25, -0.2) is 23.9 Å². The summed E-state index contributed by atoms with van der Waals surface area (Å²) in [6, 6.07) is 11.5. The van der Waals surface area contributed by atoms with Crippen LogP contribution in [0.4, 0.5) is 10.3 Å². The fraction of sp³-hybridized carbons (Fsp3) is 0.208. The highest BCUT2D eigenvalue weighted by Crippen LogP contribution is 2.32. The largest absolute Gasteiger partial charge is 0.399 e. The number of esters is 2. The molecule has 0 atom stereocenters. The third kappa shape index (κ3) is 4.35. The summed E-state index contributed by atoms with van der Waals surface area (Å²) in [5.74, 6) is -3.20. The van der Waals surface area contributed by atoms with E-state index in [1.165, 1.54) is 12.1 Å². The molecular weight excluding hydrogens is 441 g/mol. The molecule has 0 bridgehead atoms. The van der Waals surface area contributed by atoms with Crippen molar-refractivity contribution < 1.29 is 23.5 Å². The summed E-state index contributed by atoms with van der Waals surface area (Å²) >= 11 is 0. The highest BCUT2D eigenvalue weighted by Gasteiger charge is 2.51. The molecule has 10 heteroatoms. The van der Waals surface area contributed by atoms with Gasteiger partial charge in [0, 0.05) is 55.9 Å². The highest BCUT2D eigenvalue weighted by atomic mass is 19.1. The molecule has 172 valence electrons. The third-order valence-corrected chi connectivity index (χ3v) is 5.55. The van der Waals surface area contributed by atoms with Crippen molar-refractivity contribution in [1.82, 2.24) is 19.9 Å². The molecule has 2 aliphatic heterocycles. The summed E-state index contributed by atoms with van der Waals surface area (Å²) in [6.45, 7) is 1.35. The maximum Gasteiger partial charge on any atom is 0.358 e. The lowest BCUT2D eigenvalue weighted by Gasteiger charge is -2.47. The first-order valence-electron chi connectivity index (χ1n) is 10.6. The molecule has 3 aromatic rings. The van der Waals surface area contributed by atoms with Gasteiger partial charge in [-0.3, -0.25) is 14.8 Å². The number of anilines is 1. The first kappa shape index (κ1) is 21.7. The van der Waals surface area contributed by atoms with Crippen molar-refractivity contribution in [3.05, 3.63) is 84.6 Å². The second kappa shape index (κ2) is 8.99. The van der Waals surface area contributed by atoms with Crippen LogP contribution in [0.25, 0.3) is 11.3 Å². The number of halogens is 1. The first-order valence-corrected chi connectivity index (χ1v) is 10.6. The van der Waals surface area contributed by atoms with Crippen LogP contribution in [0, 0.1) is 5.82 Å². The van der Waals surface area contributed by atoms with Gasteiger partial charge in [-0.15, -0.1) is 0 Å². The molecule has 0 N–H and O–H groups in total. The number of aromatic nitrogens is 3. The van der Waals surface area contributed by atoms with Gasteiger partial charge in [0.1, 0.15) is 5.82 Å². The van der Waals surface area contributed by atoms with Gasteiger partial charge in [0.05, 0.1) is 12.2 Å². The quantitative estimate of drug-likeness (QED) is 0.542. The molecule has 0 unspecified atom stereocenters. The van der Waals surface area contributed by atoms with Crippen molar-refractivity contribution >= 4 is 17.9 Å². The van der Waals surface area contributed by atoms with Gasteiger partial charge in [-0.05, 0) is 42.0 Å². The van der Waals surface area contributed by atoms with Crippen LogP contribution in [0.1, 0.15) is 5.56 Å². The molecule has 2 aliphatic rings. The molecule has 0 aliphatic carbocycles. The first-order chi connectivity index (χ1) is 16.5. The van der Waals surface area contributed by atoms with Gasteiger partial charge >= 0.3 is 17.8 Å². The predicted octanol–water partition coefficient (Wildman–Crippen LogP) is 2.31. The van der Waals surface area contributed by atoms with Crippen molar-refractivity contribution in [2.75, 3.05) is 24.5 Å². The standard InChI is InChI=1S/C24H20FN5O4/c25-19-6-4-17(5-7-19)22-18(3-1-10-26-22)15-29-13-14-30(23-27-11-2-12-28-23)24(16-29)33-20(31)8-9-21(32)34-24/h1-12H,13-16H2. The maximum atomic E-state index is 13.4. The van der Waals surface area contributed by atoms with Gasteiger partial charge in [0.15, 0.2) is 0 Å². The number of carbonyl (C=O) groups excluding carboxylic acids is 2. The van der Waals surface area contributed by atoms with E-state index in [1.807, 2.05) is 17.0 Å². The SMILES string of the molecule is O=C1C=CC(=O)OC2(CN(Cc3cccnc3-c3ccc(F)cc3)CCN2c2ncccn2)O1. The predicted molar refractivity (Wildman–Crippen MR) is 118 cm³/mol. The maximum absolute atomic E-state index is 13.4. The van der Waals surface area contributed by atoms with Crippen LogP contribution in [-0.4, -0.2) is 57.3 Å². The molecule has 2 aromatic heterocycles. The van der Waals surface area contributed by atoms with Crippen LogP contribution in [0.2, 0.25) is 0 Å². The number of piperazine rings is 1. The summed E-state index contributed by atoms with van der Waals surface area (Å²) in [4.78, 5) is 41.3. The van der Waals surface area contributed by atoms with E-state index in [0.29, 0.717) is 25.3 Å². The van der Waals surface area contributed by atoms with E-state index in [-0.39, 0.29) is 18.3 Å². The molecule has 9 nitrogen and oxygen atoms in total. The molecule has 1 aromatic carbocycles. The smallest absolute Gasteiger partial charge is 0.358 e. The van der Waals surface area contributed by atoms with Gasteiger partial charge in [0.25, 0.3) is 0 Å². The monoisotopic (exact) mass is 461 g/mol. The zero-order valence-electron chi connectivity index (χ0n) is 18.0. The van der Waals surface area contributed by atoms with E-state index in [9.17, 15) is 14.0 Å². The third-order valence-electron chi connectivity index (χ3n) is 5.55. The molecule has 1 spiro atoms. The zero-order chi connectivity index (χ0) is 23.5. The molecule has 1 fully saturated rings. The van der Waals surface area contributed by atoms with Crippen molar-refractivity contribution in [1.29, 1.82) is 0 Å². The zero-order valence-corrected chi connectivity index (χ0v) is 18.0. The topological polar surface area (TPSA) is 97.8 Å². The van der Waals surface area contributed by atoms with Crippen LogP contribution in [0.3, 0.4) is 0 Å². The van der Waals surface area contributed by atoms with Gasteiger partial charge in [0.2, 0.25) is 5.95 Å². The van der Waals surface area contributed by atoms with Gasteiger partial charge in [-0.1, -0.05) is 6.07 Å². The Labute approximate surface area is 194 Å². The molecule has 0 amide bonds. The van der Waals surface area contributed by atoms with E-state index in [0.717, 1.165) is 23.3 Å². The summed E-state index contributed by atoms with van der Waals surface area (Å²) in [5.41, 5.74) is 2.37. The van der Waals surface area contributed by atoms with Crippen molar-refractivity contribution in [2.45, 2.75) is 12.5 Å². The van der Waals surface area contributed by atoms with Crippen LogP contribution in [0.5, 0.6) is 0 Å². The molecule has 34 heavy (non-hydrogen) atoms. The molecular formula is C24H20FN5O4. The molecule has 4 heterocycles. The Morgan fingerprint density at radius 3 is 2.26 bits per heavy atom. The minimum atomic E-state index is -1.74. The lowest BCUT2D eigenvalue weighted by Crippen LogP contribution is -2.66. The fourth-order valence-electron chi connectivity index (χ4n) is 4.07. The number of benzene rings is 1. The second-order valence-corrected chi connectivity index (χ2v) is 7.82. The van der Waals surface area contributed by atoms with E-state index in [2.05, 4.69) is 15.0 Å². The average Bonchev–Trinajstić information content (AvgIpc) is 2.98. The van der Waals surface area contributed by atoms with Crippen LogP contribution < -0.4 is 4.90 Å². The van der Waals surface area contributed by atoms with E-state index in [4.69, 9.17) is 9.47 Å². The van der Waals surface area contributed by atoms with Gasteiger partial charge < -0.3 is 9.47 Å². The number of hydrogen-bond acceptors (Lipinski definition) is 9. The van der Waals surface area contributed by atoms with E-state index in [1.54, 1.807) is 41.7 Å². The Kier molecular flexibility index (Phi) is 5.72. The molecule has 0 saturated carbocycles. The average molecular weight is 461 g/mol.